The van der Waals surface area contributed by atoms with E-state index in [0.29, 0.717) is 43.3 Å². The van der Waals surface area contributed by atoms with Gasteiger partial charge in [-0.3, -0.25) is 9.59 Å². The fraction of sp³-hybridized carbons (Fsp3) is 0.438. The number of anilines is 1. The SMILES string of the molecule is CN1C(=O)C(NC(=O)O)COc2ccc(C(=O)N3CCOCC3)cc21. The summed E-state index contributed by atoms with van der Waals surface area (Å²) < 4.78 is 10.8. The highest BCUT2D eigenvalue weighted by Crippen LogP contribution is 2.32. The average Bonchev–Trinajstić information content (AvgIpc) is 2.73. The number of likely N-dealkylation sites (N-methyl/N-ethyl adjacent to an activating group) is 1. The zero-order valence-electron chi connectivity index (χ0n) is 13.7. The number of rotatable bonds is 2. The van der Waals surface area contributed by atoms with Gasteiger partial charge in [0.15, 0.2) is 0 Å². The van der Waals surface area contributed by atoms with Crippen LogP contribution in [0.15, 0.2) is 18.2 Å². The molecule has 1 atom stereocenters. The van der Waals surface area contributed by atoms with E-state index in [9.17, 15) is 14.4 Å². The van der Waals surface area contributed by atoms with Crippen molar-refractivity contribution < 1.29 is 29.0 Å². The van der Waals surface area contributed by atoms with Crippen LogP contribution >= 0.6 is 0 Å². The molecule has 25 heavy (non-hydrogen) atoms. The Balaban J connectivity index is 1.85. The maximum absolute atomic E-state index is 12.6. The van der Waals surface area contributed by atoms with Gasteiger partial charge in [0, 0.05) is 25.7 Å². The number of ether oxygens (including phenoxy) is 2. The van der Waals surface area contributed by atoms with E-state index in [-0.39, 0.29) is 12.5 Å². The second-order valence-electron chi connectivity index (χ2n) is 5.80. The van der Waals surface area contributed by atoms with Crippen molar-refractivity contribution in [1.29, 1.82) is 0 Å². The van der Waals surface area contributed by atoms with Crippen LogP contribution in [0.4, 0.5) is 10.5 Å². The van der Waals surface area contributed by atoms with Crippen molar-refractivity contribution in [3.05, 3.63) is 23.8 Å². The van der Waals surface area contributed by atoms with Crippen molar-refractivity contribution in [1.82, 2.24) is 10.2 Å². The maximum Gasteiger partial charge on any atom is 0.405 e. The lowest BCUT2D eigenvalue weighted by Crippen LogP contribution is -2.48. The highest BCUT2D eigenvalue weighted by atomic mass is 16.5. The Hall–Kier alpha value is -2.81. The van der Waals surface area contributed by atoms with Crippen LogP contribution in [-0.4, -0.2) is 73.9 Å². The van der Waals surface area contributed by atoms with E-state index >= 15 is 0 Å². The number of benzene rings is 1. The zero-order valence-corrected chi connectivity index (χ0v) is 13.7. The molecule has 0 radical (unpaired) electrons. The van der Waals surface area contributed by atoms with Crippen LogP contribution in [-0.2, 0) is 9.53 Å². The molecule has 1 fully saturated rings. The van der Waals surface area contributed by atoms with Gasteiger partial charge in [-0.2, -0.15) is 0 Å². The number of carbonyl (C=O) groups is 3. The minimum absolute atomic E-state index is 0.112. The van der Waals surface area contributed by atoms with Gasteiger partial charge >= 0.3 is 6.09 Å². The topological polar surface area (TPSA) is 108 Å². The van der Waals surface area contributed by atoms with Crippen molar-refractivity contribution in [2.45, 2.75) is 6.04 Å². The molecule has 0 aromatic heterocycles. The summed E-state index contributed by atoms with van der Waals surface area (Å²) in [5, 5.41) is 11.0. The summed E-state index contributed by atoms with van der Waals surface area (Å²) >= 11 is 0. The quantitative estimate of drug-likeness (QED) is 0.787. The number of carboxylic acid groups (broad SMARTS) is 1. The molecule has 134 valence electrons. The largest absolute Gasteiger partial charge is 0.489 e. The summed E-state index contributed by atoms with van der Waals surface area (Å²) in [5.41, 5.74) is 0.868. The molecule has 0 bridgehead atoms. The van der Waals surface area contributed by atoms with Crippen LogP contribution in [0.1, 0.15) is 10.4 Å². The molecule has 0 aliphatic carbocycles. The highest BCUT2D eigenvalue weighted by Gasteiger charge is 2.31. The van der Waals surface area contributed by atoms with Crippen LogP contribution < -0.4 is 15.0 Å². The third-order valence-electron chi connectivity index (χ3n) is 4.20. The van der Waals surface area contributed by atoms with E-state index in [4.69, 9.17) is 14.6 Å². The monoisotopic (exact) mass is 349 g/mol. The molecule has 0 spiro atoms. The second kappa shape index (κ2) is 6.98. The van der Waals surface area contributed by atoms with Crippen LogP contribution in [0.25, 0.3) is 0 Å². The molecule has 2 aliphatic heterocycles. The van der Waals surface area contributed by atoms with Crippen molar-refractivity contribution in [3.63, 3.8) is 0 Å². The van der Waals surface area contributed by atoms with Gasteiger partial charge in [0.2, 0.25) is 0 Å². The van der Waals surface area contributed by atoms with Crippen molar-refractivity contribution in [2.24, 2.45) is 0 Å². The minimum atomic E-state index is -1.30. The molecule has 9 heteroatoms. The number of amides is 3. The van der Waals surface area contributed by atoms with E-state index in [2.05, 4.69) is 5.32 Å². The average molecular weight is 349 g/mol. The van der Waals surface area contributed by atoms with Crippen LogP contribution in [0.5, 0.6) is 5.75 Å². The molecule has 1 aromatic rings. The standard InChI is InChI=1S/C16H19N3O6/c1-18-12-8-10(14(20)19-4-6-24-7-5-19)2-3-13(12)25-9-11(15(18)21)17-16(22)23/h2-3,8,11,17H,4-7,9H2,1H3,(H,22,23). The number of morpholine rings is 1. The normalized spacial score (nSPS) is 20.4. The van der Waals surface area contributed by atoms with Gasteiger partial charge in [-0.05, 0) is 18.2 Å². The number of hydrogen-bond donors (Lipinski definition) is 2. The molecule has 2 heterocycles. The zero-order chi connectivity index (χ0) is 18.0. The lowest BCUT2D eigenvalue weighted by atomic mass is 10.1. The molecule has 2 N–H and O–H groups in total. The Bertz CT molecular complexity index is 701. The molecular formula is C16H19N3O6. The molecule has 9 nitrogen and oxygen atoms in total. The van der Waals surface area contributed by atoms with Gasteiger partial charge in [-0.1, -0.05) is 0 Å². The summed E-state index contributed by atoms with van der Waals surface area (Å²) in [7, 11) is 1.52. The van der Waals surface area contributed by atoms with Gasteiger partial charge in [0.05, 0.1) is 18.9 Å². The second-order valence-corrected chi connectivity index (χ2v) is 5.80. The van der Waals surface area contributed by atoms with E-state index in [0.717, 1.165) is 0 Å². The van der Waals surface area contributed by atoms with E-state index in [1.165, 1.54) is 11.9 Å². The number of nitrogens with one attached hydrogen (secondary N) is 1. The molecule has 2 aliphatic rings. The van der Waals surface area contributed by atoms with Crippen LogP contribution in [0.3, 0.4) is 0 Å². The van der Waals surface area contributed by atoms with Crippen molar-refractivity contribution >= 4 is 23.6 Å². The van der Waals surface area contributed by atoms with Gasteiger partial charge in [0.25, 0.3) is 11.8 Å². The molecular weight excluding hydrogens is 330 g/mol. The Morgan fingerprint density at radius 3 is 2.68 bits per heavy atom. The molecule has 0 saturated carbocycles. The maximum atomic E-state index is 12.6. The number of fused-ring (bicyclic) bond motifs is 1. The summed E-state index contributed by atoms with van der Waals surface area (Å²) in [6, 6.07) is 3.84. The number of nitrogens with zero attached hydrogens (tertiary/aromatic N) is 2. The predicted molar refractivity (Wildman–Crippen MR) is 87.0 cm³/mol. The van der Waals surface area contributed by atoms with Gasteiger partial charge in [-0.15, -0.1) is 0 Å². The third-order valence-corrected chi connectivity index (χ3v) is 4.20. The van der Waals surface area contributed by atoms with Crippen molar-refractivity contribution in [3.8, 4) is 5.75 Å². The summed E-state index contributed by atoms with van der Waals surface area (Å²) in [6.45, 7) is 1.93. The van der Waals surface area contributed by atoms with Gasteiger partial charge in [-0.25, -0.2) is 4.79 Å². The first kappa shape index (κ1) is 17.0. The summed E-state index contributed by atoms with van der Waals surface area (Å²) in [6.07, 6.45) is -1.30. The van der Waals surface area contributed by atoms with E-state index in [1.54, 1.807) is 23.1 Å². The smallest absolute Gasteiger partial charge is 0.405 e. The Kier molecular flexibility index (Phi) is 4.75. The van der Waals surface area contributed by atoms with E-state index in [1.807, 2.05) is 0 Å². The fourth-order valence-corrected chi connectivity index (χ4v) is 2.83. The molecule has 3 amide bonds. The molecule has 3 rings (SSSR count). The van der Waals surface area contributed by atoms with Gasteiger partial charge in [0.1, 0.15) is 18.4 Å². The first-order valence-corrected chi connectivity index (χ1v) is 7.88. The van der Waals surface area contributed by atoms with Crippen LogP contribution in [0, 0.1) is 0 Å². The van der Waals surface area contributed by atoms with E-state index < -0.39 is 18.0 Å². The first-order valence-electron chi connectivity index (χ1n) is 7.88. The Labute approximate surface area is 144 Å². The Morgan fingerprint density at radius 1 is 1.28 bits per heavy atom. The highest BCUT2D eigenvalue weighted by molar-refractivity contribution is 6.02. The summed E-state index contributed by atoms with van der Waals surface area (Å²) in [5.74, 6) is -0.169. The van der Waals surface area contributed by atoms with Crippen LogP contribution in [0.2, 0.25) is 0 Å². The third kappa shape index (κ3) is 3.50. The Morgan fingerprint density at radius 2 is 2.00 bits per heavy atom. The molecule has 1 saturated heterocycles. The van der Waals surface area contributed by atoms with Crippen molar-refractivity contribution in [2.75, 3.05) is 44.9 Å². The molecule has 1 unspecified atom stereocenters. The first-order chi connectivity index (χ1) is 12.0. The summed E-state index contributed by atoms with van der Waals surface area (Å²) in [4.78, 5) is 38.9. The minimum Gasteiger partial charge on any atom is -0.489 e. The predicted octanol–water partition coefficient (Wildman–Crippen LogP) is 0.150. The lowest BCUT2D eigenvalue weighted by Gasteiger charge is -2.27. The number of carbonyl (C=O) groups excluding carboxylic acids is 2. The number of hydrogen-bond acceptors (Lipinski definition) is 5. The lowest BCUT2D eigenvalue weighted by molar-refractivity contribution is -0.120. The molecule has 1 aromatic carbocycles. The fourth-order valence-electron chi connectivity index (χ4n) is 2.83. The van der Waals surface area contributed by atoms with Gasteiger partial charge < -0.3 is 29.7 Å².